The fourth-order valence-electron chi connectivity index (χ4n) is 3.52. The smallest absolute Gasteiger partial charge is 0.259 e. The average Bonchev–Trinajstić information content (AvgIpc) is 3.11. The van der Waals surface area contributed by atoms with E-state index in [4.69, 9.17) is 19.0 Å². The Hall–Kier alpha value is -3.26. The van der Waals surface area contributed by atoms with Crippen LogP contribution >= 0.6 is 0 Å². The van der Waals surface area contributed by atoms with Gasteiger partial charge in [-0.25, -0.2) is 9.97 Å². The van der Waals surface area contributed by atoms with Crippen LogP contribution < -0.4 is 4.74 Å². The second-order valence-electron chi connectivity index (χ2n) is 6.82. The quantitative estimate of drug-likeness (QED) is 0.672. The van der Waals surface area contributed by atoms with E-state index in [1.807, 2.05) is 32.0 Å². The van der Waals surface area contributed by atoms with Gasteiger partial charge in [-0.1, -0.05) is 11.2 Å². The molecule has 1 amide bonds. The minimum Gasteiger partial charge on any atom is -0.480 e. The number of aryl methyl sites for hydroxylation is 2. The number of nitrogens with zero attached hydrogens (tertiary/aromatic N) is 4. The SMILES string of the molecule is COc1ncccc1C(=O)N1CCO[C@H](c2cccc(-c3c(C)noc3C)n2)C1. The molecule has 8 nitrogen and oxygen atoms in total. The van der Waals surface area contributed by atoms with Crippen LogP contribution in [-0.4, -0.2) is 52.7 Å². The number of hydrogen-bond acceptors (Lipinski definition) is 7. The third-order valence-corrected chi connectivity index (χ3v) is 4.94. The molecule has 3 aromatic rings. The molecule has 1 fully saturated rings. The van der Waals surface area contributed by atoms with Crippen LogP contribution in [0.5, 0.6) is 5.88 Å². The van der Waals surface area contributed by atoms with Crippen LogP contribution in [0.25, 0.3) is 11.3 Å². The molecule has 0 saturated carbocycles. The summed E-state index contributed by atoms with van der Waals surface area (Å²) in [5.41, 5.74) is 3.65. The third kappa shape index (κ3) is 3.71. The van der Waals surface area contributed by atoms with Gasteiger partial charge in [0.05, 0.1) is 42.9 Å². The van der Waals surface area contributed by atoms with Crippen LogP contribution in [0.1, 0.15) is 33.6 Å². The molecule has 1 atom stereocenters. The molecule has 0 spiro atoms. The Kier molecular flexibility index (Phi) is 5.26. The second kappa shape index (κ2) is 8.00. The van der Waals surface area contributed by atoms with Gasteiger partial charge in [-0.15, -0.1) is 0 Å². The first kappa shape index (κ1) is 19.1. The van der Waals surface area contributed by atoms with Crippen molar-refractivity contribution < 1.29 is 18.8 Å². The van der Waals surface area contributed by atoms with Gasteiger partial charge >= 0.3 is 0 Å². The monoisotopic (exact) mass is 394 g/mol. The molecule has 1 aliphatic rings. The number of rotatable bonds is 4. The molecule has 0 aliphatic carbocycles. The van der Waals surface area contributed by atoms with Crippen molar-refractivity contribution in [1.29, 1.82) is 0 Å². The average molecular weight is 394 g/mol. The zero-order valence-corrected chi connectivity index (χ0v) is 16.6. The topological polar surface area (TPSA) is 90.6 Å². The van der Waals surface area contributed by atoms with Crippen LogP contribution in [-0.2, 0) is 4.74 Å². The summed E-state index contributed by atoms with van der Waals surface area (Å²) in [7, 11) is 1.51. The van der Waals surface area contributed by atoms with Gasteiger partial charge in [-0.05, 0) is 38.1 Å². The van der Waals surface area contributed by atoms with E-state index in [9.17, 15) is 4.79 Å². The number of morpholine rings is 1. The van der Waals surface area contributed by atoms with E-state index >= 15 is 0 Å². The zero-order chi connectivity index (χ0) is 20.4. The van der Waals surface area contributed by atoms with Gasteiger partial charge in [-0.2, -0.15) is 0 Å². The lowest BCUT2D eigenvalue weighted by Crippen LogP contribution is -2.42. The standard InChI is InChI=1S/C21H22N4O4/c1-13-19(14(2)29-24-13)17-8-4-7-16(23-17)18-12-25(10-11-28-18)21(26)15-6-5-9-22-20(15)27-3/h4-9,18H,10-12H2,1-3H3/t18-/m0/s1. The molecule has 4 heterocycles. The summed E-state index contributed by atoms with van der Waals surface area (Å²) in [4.78, 5) is 23.6. The minimum absolute atomic E-state index is 0.134. The molecule has 1 saturated heterocycles. The van der Waals surface area contributed by atoms with Crippen molar-refractivity contribution in [3.8, 4) is 17.1 Å². The zero-order valence-electron chi connectivity index (χ0n) is 16.6. The van der Waals surface area contributed by atoms with E-state index in [0.29, 0.717) is 31.1 Å². The van der Waals surface area contributed by atoms with E-state index < -0.39 is 0 Å². The Morgan fingerprint density at radius 1 is 1.24 bits per heavy atom. The maximum Gasteiger partial charge on any atom is 0.259 e. The number of methoxy groups -OCH3 is 1. The number of carbonyl (C=O) groups excluding carboxylic acids is 1. The molecule has 0 aromatic carbocycles. The first-order chi connectivity index (χ1) is 14.1. The van der Waals surface area contributed by atoms with Gasteiger partial charge in [0.1, 0.15) is 17.4 Å². The summed E-state index contributed by atoms with van der Waals surface area (Å²) < 4.78 is 16.4. The van der Waals surface area contributed by atoms with Crippen molar-refractivity contribution in [3.05, 3.63) is 59.2 Å². The molecule has 3 aromatic heterocycles. The molecule has 150 valence electrons. The van der Waals surface area contributed by atoms with Gasteiger partial charge in [-0.3, -0.25) is 4.79 Å². The molecular formula is C21H22N4O4. The second-order valence-corrected chi connectivity index (χ2v) is 6.82. The highest BCUT2D eigenvalue weighted by Crippen LogP contribution is 2.29. The summed E-state index contributed by atoms with van der Waals surface area (Å²) in [6.07, 6.45) is 1.28. The number of aromatic nitrogens is 3. The van der Waals surface area contributed by atoms with E-state index in [1.165, 1.54) is 7.11 Å². The molecule has 0 N–H and O–H groups in total. The van der Waals surface area contributed by atoms with Gasteiger partial charge in [0.15, 0.2) is 0 Å². The van der Waals surface area contributed by atoms with Gasteiger partial charge < -0.3 is 18.9 Å². The van der Waals surface area contributed by atoms with Crippen LogP contribution in [0.2, 0.25) is 0 Å². The molecule has 0 bridgehead atoms. The number of amides is 1. The lowest BCUT2D eigenvalue weighted by molar-refractivity contribution is -0.0247. The largest absolute Gasteiger partial charge is 0.480 e. The van der Waals surface area contributed by atoms with Crippen molar-refractivity contribution in [2.75, 3.05) is 26.8 Å². The summed E-state index contributed by atoms with van der Waals surface area (Å²) >= 11 is 0. The minimum atomic E-state index is -0.323. The number of carbonyl (C=O) groups is 1. The molecule has 0 unspecified atom stereocenters. The summed E-state index contributed by atoms with van der Waals surface area (Å²) in [6, 6.07) is 9.20. The van der Waals surface area contributed by atoms with Crippen molar-refractivity contribution in [2.45, 2.75) is 20.0 Å². The fraction of sp³-hybridized carbons (Fsp3) is 0.333. The van der Waals surface area contributed by atoms with E-state index in [0.717, 1.165) is 28.4 Å². The van der Waals surface area contributed by atoms with Crippen molar-refractivity contribution in [3.63, 3.8) is 0 Å². The Morgan fingerprint density at radius 3 is 2.86 bits per heavy atom. The van der Waals surface area contributed by atoms with Crippen molar-refractivity contribution in [2.24, 2.45) is 0 Å². The van der Waals surface area contributed by atoms with Gasteiger partial charge in [0.25, 0.3) is 5.91 Å². The highest BCUT2D eigenvalue weighted by Gasteiger charge is 2.29. The molecule has 8 heteroatoms. The van der Waals surface area contributed by atoms with Crippen LogP contribution in [0, 0.1) is 13.8 Å². The predicted molar refractivity (Wildman–Crippen MR) is 105 cm³/mol. The maximum atomic E-state index is 13.0. The van der Waals surface area contributed by atoms with E-state index in [1.54, 1.807) is 23.2 Å². The number of pyridine rings is 2. The molecule has 29 heavy (non-hydrogen) atoms. The predicted octanol–water partition coefficient (Wildman–Crippen LogP) is 2.97. The Balaban J connectivity index is 1.58. The van der Waals surface area contributed by atoms with E-state index in [-0.39, 0.29) is 12.0 Å². The maximum absolute atomic E-state index is 13.0. The fourth-order valence-corrected chi connectivity index (χ4v) is 3.52. The first-order valence-corrected chi connectivity index (χ1v) is 9.38. The molecule has 1 aliphatic heterocycles. The lowest BCUT2D eigenvalue weighted by atomic mass is 10.1. The van der Waals surface area contributed by atoms with Gasteiger partial charge in [0.2, 0.25) is 5.88 Å². The van der Waals surface area contributed by atoms with Crippen LogP contribution in [0.15, 0.2) is 41.1 Å². The Morgan fingerprint density at radius 2 is 2.10 bits per heavy atom. The Labute approximate surface area is 168 Å². The summed E-state index contributed by atoms with van der Waals surface area (Å²) in [5, 5.41) is 4.00. The van der Waals surface area contributed by atoms with Crippen LogP contribution in [0.3, 0.4) is 0 Å². The molecule has 4 rings (SSSR count). The normalized spacial score (nSPS) is 16.7. The number of hydrogen-bond donors (Lipinski definition) is 0. The molecular weight excluding hydrogens is 372 g/mol. The van der Waals surface area contributed by atoms with E-state index in [2.05, 4.69) is 10.1 Å². The van der Waals surface area contributed by atoms with Gasteiger partial charge in [0, 0.05) is 12.7 Å². The molecule has 0 radical (unpaired) electrons. The highest BCUT2D eigenvalue weighted by molar-refractivity contribution is 5.96. The van der Waals surface area contributed by atoms with Crippen molar-refractivity contribution >= 4 is 5.91 Å². The lowest BCUT2D eigenvalue weighted by Gasteiger charge is -2.33. The Bertz CT molecular complexity index is 1010. The highest BCUT2D eigenvalue weighted by atomic mass is 16.5. The third-order valence-electron chi connectivity index (χ3n) is 4.94. The first-order valence-electron chi connectivity index (χ1n) is 9.38. The van der Waals surface area contributed by atoms with Crippen LogP contribution in [0.4, 0.5) is 0 Å². The van der Waals surface area contributed by atoms with Crippen molar-refractivity contribution in [1.82, 2.24) is 20.0 Å². The summed E-state index contributed by atoms with van der Waals surface area (Å²) in [6.45, 7) is 5.07. The number of ether oxygens (including phenoxy) is 2. The summed E-state index contributed by atoms with van der Waals surface area (Å²) in [5.74, 6) is 0.904.